The molecule has 76 heavy (non-hydrogen) atoms. The molecule has 0 saturated carbocycles. The lowest BCUT2D eigenvalue weighted by Crippen LogP contribution is -2.16. The zero-order valence-corrected chi connectivity index (χ0v) is 46.2. The van der Waals surface area contributed by atoms with Gasteiger partial charge in [-0.15, -0.1) is 0 Å². The molecule has 0 bridgehead atoms. The van der Waals surface area contributed by atoms with Crippen LogP contribution in [0.15, 0.2) is 182 Å². The number of anilines is 2. The van der Waals surface area contributed by atoms with Crippen LogP contribution < -0.4 is 9.64 Å². The SMILES string of the molecule is [2H]C([2H])(c1cc(-c2cccc3c4ccccc4c4ccccc4c4cc(C(C)(C)C)cc5c4n(c23)CN5c2cccc(Oc3ccc4c5ccccc5n(-c5cc(C(C)(C)C)ccn5)c4c3)c2)cc(C(C)(C)C)c1)C(C)(C)C. The average Bonchev–Trinajstić information content (AvgIpc) is 4.02. The maximum atomic E-state index is 9.66. The van der Waals surface area contributed by atoms with E-state index >= 15 is 0 Å². The fourth-order valence-electron chi connectivity index (χ4n) is 11.5. The molecule has 0 unspecified atom stereocenters. The summed E-state index contributed by atoms with van der Waals surface area (Å²) in [4.78, 5) is 7.40. The van der Waals surface area contributed by atoms with Crippen molar-refractivity contribution in [1.29, 1.82) is 0 Å². The first-order chi connectivity index (χ1) is 37.0. The Hall–Kier alpha value is -7.89. The van der Waals surface area contributed by atoms with Gasteiger partial charge < -0.3 is 14.2 Å². The van der Waals surface area contributed by atoms with Crippen molar-refractivity contribution in [3.8, 4) is 28.4 Å². The van der Waals surface area contributed by atoms with Gasteiger partial charge in [0.25, 0.3) is 0 Å². The van der Waals surface area contributed by atoms with Crippen molar-refractivity contribution in [2.75, 3.05) is 4.90 Å². The number of hydrogen-bond donors (Lipinski definition) is 0. The highest BCUT2D eigenvalue weighted by molar-refractivity contribution is 6.22. The van der Waals surface area contributed by atoms with Crippen LogP contribution in [0.1, 0.15) is 108 Å². The van der Waals surface area contributed by atoms with E-state index < -0.39 is 11.8 Å². The normalized spacial score (nSPS) is 13.8. The molecule has 380 valence electrons. The van der Waals surface area contributed by atoms with Crippen LogP contribution in [-0.2, 0) is 29.3 Å². The summed E-state index contributed by atoms with van der Waals surface area (Å²) in [6.45, 7) is 26.8. The van der Waals surface area contributed by atoms with Crippen LogP contribution in [0.4, 0.5) is 11.4 Å². The summed E-state index contributed by atoms with van der Waals surface area (Å²) in [5, 5.41) is 9.26. The van der Waals surface area contributed by atoms with Crippen LogP contribution in [0.3, 0.4) is 0 Å². The molecule has 1 aliphatic rings. The maximum absolute atomic E-state index is 9.66. The van der Waals surface area contributed by atoms with Crippen LogP contribution in [0.5, 0.6) is 11.5 Å². The van der Waals surface area contributed by atoms with Crippen molar-refractivity contribution in [2.24, 2.45) is 5.41 Å². The Bertz CT molecular complexity index is 4300. The van der Waals surface area contributed by atoms with Crippen LogP contribution in [0.25, 0.3) is 82.1 Å². The molecular formula is C71H70N4O. The molecule has 5 nitrogen and oxygen atoms in total. The van der Waals surface area contributed by atoms with E-state index in [1.807, 2.05) is 27.0 Å². The number of ether oxygens (including phenoxy) is 1. The first-order valence-corrected chi connectivity index (χ1v) is 27.0. The van der Waals surface area contributed by atoms with Gasteiger partial charge in [-0.3, -0.25) is 4.57 Å². The molecule has 12 rings (SSSR count). The van der Waals surface area contributed by atoms with Crippen molar-refractivity contribution in [3.63, 3.8) is 0 Å². The molecule has 4 heterocycles. The lowest BCUT2D eigenvalue weighted by atomic mass is 9.81. The number of fused-ring (bicyclic) bond motifs is 10. The predicted molar refractivity (Wildman–Crippen MR) is 324 cm³/mol. The summed E-state index contributed by atoms with van der Waals surface area (Å²) in [7, 11) is 0. The van der Waals surface area contributed by atoms with E-state index in [0.717, 1.165) is 83.6 Å². The molecular weight excluding hydrogens is 925 g/mol. The van der Waals surface area contributed by atoms with Gasteiger partial charge >= 0.3 is 0 Å². The fourth-order valence-corrected chi connectivity index (χ4v) is 11.5. The van der Waals surface area contributed by atoms with E-state index in [2.05, 4.69) is 252 Å². The van der Waals surface area contributed by atoms with Gasteiger partial charge in [-0.05, 0) is 132 Å². The Kier molecular flexibility index (Phi) is 11.0. The average molecular weight is 997 g/mol. The van der Waals surface area contributed by atoms with Crippen molar-refractivity contribution >= 4 is 76.5 Å². The van der Waals surface area contributed by atoms with Crippen molar-refractivity contribution in [1.82, 2.24) is 14.1 Å². The molecule has 0 aliphatic carbocycles. The third kappa shape index (κ3) is 8.74. The molecule has 11 aromatic rings. The Balaban J connectivity index is 1.10. The van der Waals surface area contributed by atoms with Gasteiger partial charge in [-0.2, -0.15) is 0 Å². The molecule has 1 aliphatic heterocycles. The molecule has 0 atom stereocenters. The number of pyridine rings is 1. The fraction of sp³-hybridized carbons (Fsp3) is 0.254. The van der Waals surface area contributed by atoms with Gasteiger partial charge in [0.15, 0.2) is 0 Å². The number of nitrogens with zero attached hydrogens (tertiary/aromatic N) is 4. The van der Waals surface area contributed by atoms with Crippen molar-refractivity contribution in [2.45, 2.75) is 112 Å². The monoisotopic (exact) mass is 997 g/mol. The number of hydrogen-bond acceptors (Lipinski definition) is 3. The topological polar surface area (TPSA) is 35.2 Å². The zero-order valence-electron chi connectivity index (χ0n) is 48.2. The second-order valence-corrected chi connectivity index (χ2v) is 25.1. The summed E-state index contributed by atoms with van der Waals surface area (Å²) in [5.41, 5.74) is 11.6. The Morgan fingerprint density at radius 2 is 1.07 bits per heavy atom. The highest BCUT2D eigenvalue weighted by atomic mass is 16.5. The lowest BCUT2D eigenvalue weighted by Gasteiger charge is -2.25. The maximum Gasteiger partial charge on any atom is 0.137 e. The molecule has 5 heteroatoms. The number of aromatic nitrogens is 3. The summed E-state index contributed by atoms with van der Waals surface area (Å²) in [6.07, 6.45) is 0.309. The van der Waals surface area contributed by atoms with Gasteiger partial charge in [-0.25, -0.2) is 4.98 Å². The Labute approximate surface area is 451 Å². The van der Waals surface area contributed by atoms with Gasteiger partial charge in [0.1, 0.15) is 24.0 Å². The first kappa shape index (κ1) is 46.6. The standard InChI is InChI=1S/C71H70N4O/c1-68(2,3)43-45-35-46(37-48(36-45)70(7,8)9)53-28-20-29-60-56-25-15-13-23-54(56)55-24-14-16-26-57(55)61-38-49(71(10,11)12)39-64-67(61)74(66(53)60)44-73(64)50-21-19-22-51(41-50)76-52-31-32-59-58-27-17-18-30-62(58)75(63(59)42-52)65-40-47(33-34-72-65)69(4,5)6/h13-42H,43-44H2,1-12H3/i43D2. The lowest BCUT2D eigenvalue weighted by molar-refractivity contribution is 0.411. The molecule has 0 radical (unpaired) electrons. The highest BCUT2D eigenvalue weighted by Gasteiger charge is 2.29. The quantitative estimate of drug-likeness (QED) is 0.167. The third-order valence-electron chi connectivity index (χ3n) is 15.3. The molecule has 3 aromatic heterocycles. The molecule has 0 spiro atoms. The number of benzene rings is 8. The van der Waals surface area contributed by atoms with E-state index in [0.29, 0.717) is 12.2 Å². The summed E-state index contributed by atoms with van der Waals surface area (Å²) < 4.78 is 31.1. The van der Waals surface area contributed by atoms with Crippen LogP contribution >= 0.6 is 0 Å². The van der Waals surface area contributed by atoms with E-state index in [4.69, 9.17) is 9.72 Å². The Morgan fingerprint density at radius 3 is 1.75 bits per heavy atom. The summed E-state index contributed by atoms with van der Waals surface area (Å²) in [5.74, 6) is 2.35. The second-order valence-electron chi connectivity index (χ2n) is 25.1. The summed E-state index contributed by atoms with van der Waals surface area (Å²) >= 11 is 0. The molecule has 0 fully saturated rings. The van der Waals surface area contributed by atoms with E-state index in [1.165, 1.54) is 38.1 Å². The smallest absolute Gasteiger partial charge is 0.137 e. The van der Waals surface area contributed by atoms with Crippen LogP contribution in [0, 0.1) is 5.41 Å². The minimum Gasteiger partial charge on any atom is -0.457 e. The van der Waals surface area contributed by atoms with E-state index in [1.54, 1.807) is 0 Å². The molecule has 0 N–H and O–H groups in total. The van der Waals surface area contributed by atoms with E-state index in [-0.39, 0.29) is 16.2 Å². The largest absolute Gasteiger partial charge is 0.457 e. The van der Waals surface area contributed by atoms with Crippen LogP contribution in [-0.4, -0.2) is 14.1 Å². The number of rotatable bonds is 6. The zero-order chi connectivity index (χ0) is 54.8. The van der Waals surface area contributed by atoms with Gasteiger partial charge in [0.05, 0.1) is 27.8 Å². The molecule has 8 aromatic carbocycles. The van der Waals surface area contributed by atoms with Gasteiger partial charge in [0.2, 0.25) is 0 Å². The van der Waals surface area contributed by atoms with Gasteiger partial charge in [0, 0.05) is 53.9 Å². The number of para-hydroxylation sites is 2. The Morgan fingerprint density at radius 1 is 0.474 bits per heavy atom. The molecule has 0 saturated heterocycles. The van der Waals surface area contributed by atoms with E-state index in [9.17, 15) is 2.74 Å². The predicted octanol–water partition coefficient (Wildman–Crippen LogP) is 19.8. The molecule has 0 amide bonds. The van der Waals surface area contributed by atoms with Crippen LogP contribution in [0.2, 0.25) is 0 Å². The minimum atomic E-state index is -1.61. The van der Waals surface area contributed by atoms with Crippen molar-refractivity contribution < 1.29 is 7.48 Å². The van der Waals surface area contributed by atoms with Gasteiger partial charge in [-0.1, -0.05) is 192 Å². The first-order valence-electron chi connectivity index (χ1n) is 28.0. The third-order valence-corrected chi connectivity index (χ3v) is 15.3. The minimum absolute atomic E-state index is 0.0391. The summed E-state index contributed by atoms with van der Waals surface area (Å²) in [6, 6.07) is 63.7. The highest BCUT2D eigenvalue weighted by Crippen LogP contribution is 2.48. The second kappa shape index (κ2) is 17.9. The van der Waals surface area contributed by atoms with Crippen molar-refractivity contribution in [3.05, 3.63) is 204 Å².